The molecule has 17 heavy (non-hydrogen) atoms. The average molecular weight is 233 g/mol. The van der Waals surface area contributed by atoms with E-state index in [1.807, 2.05) is 6.92 Å². The van der Waals surface area contributed by atoms with Gasteiger partial charge in [0, 0.05) is 11.8 Å². The smallest absolute Gasteiger partial charge is 0.193 e. The van der Waals surface area contributed by atoms with Gasteiger partial charge in [-0.2, -0.15) is 0 Å². The Kier molecular flexibility index (Phi) is 3.04. The molecule has 0 spiro atoms. The Balaban J connectivity index is 2.90. The third-order valence-corrected chi connectivity index (χ3v) is 2.79. The number of aryl methyl sites for hydroxylation is 1. The molecule has 0 saturated carbocycles. The first-order valence-corrected chi connectivity index (χ1v) is 5.48. The van der Waals surface area contributed by atoms with Gasteiger partial charge in [0.25, 0.3) is 0 Å². The summed E-state index contributed by atoms with van der Waals surface area (Å²) in [7, 11) is 3.13. The van der Waals surface area contributed by atoms with E-state index in [-0.39, 0.29) is 5.43 Å². The van der Waals surface area contributed by atoms with Gasteiger partial charge in [0.15, 0.2) is 5.43 Å². The lowest BCUT2D eigenvalue weighted by atomic mass is 10.1. The fourth-order valence-corrected chi connectivity index (χ4v) is 1.89. The summed E-state index contributed by atoms with van der Waals surface area (Å²) < 4.78 is 10.5. The Labute approximate surface area is 99.2 Å². The number of benzene rings is 1. The number of methoxy groups -OCH3 is 2. The van der Waals surface area contributed by atoms with E-state index in [1.165, 1.54) is 0 Å². The highest BCUT2D eigenvalue weighted by Crippen LogP contribution is 2.29. The summed E-state index contributed by atoms with van der Waals surface area (Å²) >= 11 is 0. The van der Waals surface area contributed by atoms with Gasteiger partial charge in [0.05, 0.1) is 25.1 Å². The monoisotopic (exact) mass is 233 g/mol. The number of pyridine rings is 1. The molecule has 0 radical (unpaired) electrons. The Morgan fingerprint density at radius 3 is 2.41 bits per heavy atom. The number of H-pyrrole nitrogens is 1. The van der Waals surface area contributed by atoms with Crippen LogP contribution in [0.3, 0.4) is 0 Å². The third-order valence-electron chi connectivity index (χ3n) is 2.79. The maximum Gasteiger partial charge on any atom is 0.193 e. The molecule has 2 aromatic rings. The molecule has 0 saturated heterocycles. The van der Waals surface area contributed by atoms with Crippen molar-refractivity contribution in [2.24, 2.45) is 0 Å². The zero-order chi connectivity index (χ0) is 12.4. The molecular formula is C13H15NO3. The van der Waals surface area contributed by atoms with E-state index in [9.17, 15) is 4.79 Å². The number of ether oxygens (including phenoxy) is 2. The lowest BCUT2D eigenvalue weighted by Crippen LogP contribution is -2.07. The fourth-order valence-electron chi connectivity index (χ4n) is 1.89. The van der Waals surface area contributed by atoms with E-state index in [2.05, 4.69) is 4.98 Å². The van der Waals surface area contributed by atoms with Gasteiger partial charge < -0.3 is 14.5 Å². The van der Waals surface area contributed by atoms with Crippen molar-refractivity contribution in [2.45, 2.75) is 13.3 Å². The Hall–Kier alpha value is -1.97. The van der Waals surface area contributed by atoms with E-state index < -0.39 is 0 Å². The molecule has 0 aliphatic heterocycles. The van der Waals surface area contributed by atoms with E-state index in [1.54, 1.807) is 32.4 Å². The van der Waals surface area contributed by atoms with Gasteiger partial charge in [-0.1, -0.05) is 6.92 Å². The van der Waals surface area contributed by atoms with Crippen molar-refractivity contribution in [2.75, 3.05) is 14.2 Å². The zero-order valence-corrected chi connectivity index (χ0v) is 10.2. The molecular weight excluding hydrogens is 218 g/mol. The second-order valence-corrected chi connectivity index (χ2v) is 3.73. The quantitative estimate of drug-likeness (QED) is 0.883. The maximum absolute atomic E-state index is 12.1. The first-order chi connectivity index (χ1) is 8.21. The first-order valence-electron chi connectivity index (χ1n) is 5.48. The van der Waals surface area contributed by atoms with Gasteiger partial charge in [0.1, 0.15) is 11.5 Å². The number of hydrogen-bond acceptors (Lipinski definition) is 3. The molecule has 2 rings (SSSR count). The lowest BCUT2D eigenvalue weighted by molar-refractivity contribution is 0.409. The van der Waals surface area contributed by atoms with Crippen LogP contribution >= 0.6 is 0 Å². The highest BCUT2D eigenvalue weighted by Gasteiger charge is 2.11. The van der Waals surface area contributed by atoms with Crippen LogP contribution in [0.2, 0.25) is 0 Å². The van der Waals surface area contributed by atoms with E-state index in [0.29, 0.717) is 22.4 Å². The third kappa shape index (κ3) is 1.86. The van der Waals surface area contributed by atoms with Crippen LogP contribution in [0.4, 0.5) is 0 Å². The molecule has 0 unspecified atom stereocenters. The van der Waals surface area contributed by atoms with E-state index in [4.69, 9.17) is 9.47 Å². The van der Waals surface area contributed by atoms with Crippen LogP contribution in [0.1, 0.15) is 12.6 Å². The minimum atomic E-state index is -0.0497. The molecule has 1 N–H and O–H groups in total. The summed E-state index contributed by atoms with van der Waals surface area (Å²) in [5.41, 5.74) is 1.52. The van der Waals surface area contributed by atoms with Crippen LogP contribution < -0.4 is 14.9 Å². The number of fused-ring (bicyclic) bond motifs is 1. The number of hydrogen-bond donors (Lipinski definition) is 1. The predicted molar refractivity (Wildman–Crippen MR) is 67.1 cm³/mol. The fraction of sp³-hybridized carbons (Fsp3) is 0.308. The van der Waals surface area contributed by atoms with Crippen molar-refractivity contribution < 1.29 is 9.47 Å². The largest absolute Gasteiger partial charge is 0.496 e. The molecule has 0 aliphatic rings. The Morgan fingerprint density at radius 2 is 1.82 bits per heavy atom. The van der Waals surface area contributed by atoms with Gasteiger partial charge in [0.2, 0.25) is 0 Å². The number of rotatable bonds is 3. The van der Waals surface area contributed by atoms with Crippen molar-refractivity contribution in [1.82, 2.24) is 4.98 Å². The van der Waals surface area contributed by atoms with Gasteiger partial charge in [-0.05, 0) is 18.6 Å². The van der Waals surface area contributed by atoms with Crippen molar-refractivity contribution in [3.63, 3.8) is 0 Å². The second-order valence-electron chi connectivity index (χ2n) is 3.73. The van der Waals surface area contributed by atoms with Crippen molar-refractivity contribution in [1.29, 1.82) is 0 Å². The van der Waals surface area contributed by atoms with Crippen LogP contribution in [-0.4, -0.2) is 19.2 Å². The standard InChI is InChI=1S/C13H15NO3/c1-4-8-7-9(15)12-10(16-2)5-6-11(17-3)13(12)14-8/h5-7H,4H2,1-3H3,(H,14,15). The predicted octanol–water partition coefficient (Wildman–Crippen LogP) is 2.11. The summed E-state index contributed by atoms with van der Waals surface area (Å²) in [6, 6.07) is 5.13. The molecule has 90 valence electrons. The van der Waals surface area contributed by atoms with E-state index >= 15 is 0 Å². The number of aromatic nitrogens is 1. The molecule has 1 aromatic carbocycles. The number of nitrogens with one attached hydrogen (secondary N) is 1. The highest BCUT2D eigenvalue weighted by atomic mass is 16.5. The van der Waals surface area contributed by atoms with Crippen LogP contribution in [0.25, 0.3) is 10.9 Å². The summed E-state index contributed by atoms with van der Waals surface area (Å²) in [6.07, 6.45) is 0.769. The van der Waals surface area contributed by atoms with Gasteiger partial charge >= 0.3 is 0 Å². The molecule has 1 heterocycles. The van der Waals surface area contributed by atoms with Gasteiger partial charge in [-0.3, -0.25) is 4.79 Å². The minimum Gasteiger partial charge on any atom is -0.496 e. The highest BCUT2D eigenvalue weighted by molar-refractivity contribution is 5.90. The van der Waals surface area contributed by atoms with Crippen LogP contribution in [0, 0.1) is 0 Å². The van der Waals surface area contributed by atoms with Crippen molar-refractivity contribution in [3.8, 4) is 11.5 Å². The van der Waals surface area contributed by atoms with Crippen molar-refractivity contribution >= 4 is 10.9 Å². The molecule has 4 heteroatoms. The Morgan fingerprint density at radius 1 is 1.18 bits per heavy atom. The summed E-state index contributed by atoms with van der Waals surface area (Å²) in [6.45, 7) is 1.99. The molecule has 1 aromatic heterocycles. The van der Waals surface area contributed by atoms with E-state index in [0.717, 1.165) is 12.1 Å². The average Bonchev–Trinajstić information content (AvgIpc) is 2.37. The number of aromatic amines is 1. The molecule has 0 bridgehead atoms. The molecule has 4 nitrogen and oxygen atoms in total. The summed E-state index contributed by atoms with van der Waals surface area (Å²) in [5.74, 6) is 1.21. The topological polar surface area (TPSA) is 51.3 Å². The first kappa shape index (κ1) is 11.5. The van der Waals surface area contributed by atoms with Crippen molar-refractivity contribution in [3.05, 3.63) is 34.1 Å². The maximum atomic E-state index is 12.1. The zero-order valence-electron chi connectivity index (χ0n) is 10.2. The Bertz CT molecular complexity index is 601. The lowest BCUT2D eigenvalue weighted by Gasteiger charge is -2.10. The summed E-state index contributed by atoms with van der Waals surface area (Å²) in [4.78, 5) is 15.3. The minimum absolute atomic E-state index is 0.0497. The second kappa shape index (κ2) is 4.49. The van der Waals surface area contributed by atoms with Gasteiger partial charge in [-0.25, -0.2) is 0 Å². The van der Waals surface area contributed by atoms with Crippen LogP contribution in [0.15, 0.2) is 23.0 Å². The normalized spacial score (nSPS) is 10.5. The van der Waals surface area contributed by atoms with Crippen LogP contribution in [-0.2, 0) is 6.42 Å². The SMILES string of the molecule is CCc1cc(=O)c2c(OC)ccc(OC)c2[nH]1. The van der Waals surface area contributed by atoms with Crippen LogP contribution in [0.5, 0.6) is 11.5 Å². The molecule has 0 aliphatic carbocycles. The summed E-state index contributed by atoms with van der Waals surface area (Å²) in [5, 5.41) is 0.532. The van der Waals surface area contributed by atoms with Gasteiger partial charge in [-0.15, -0.1) is 0 Å². The molecule has 0 fully saturated rings. The molecule has 0 amide bonds. The molecule has 0 atom stereocenters.